The molecule has 0 N–H and O–H groups in total. The molecule has 0 bridgehead atoms. The lowest BCUT2D eigenvalue weighted by molar-refractivity contribution is 0.212. The molecule has 6 heteroatoms. The molecule has 0 aliphatic carbocycles. The maximum Gasteiger partial charge on any atom is 0.240 e. The first-order chi connectivity index (χ1) is 12.6. The number of para-hydroxylation sites is 1. The molecule has 26 heavy (non-hydrogen) atoms. The highest BCUT2D eigenvalue weighted by Gasteiger charge is 2.18. The highest BCUT2D eigenvalue weighted by molar-refractivity contribution is 6.31. The molecule has 1 heterocycles. The first kappa shape index (κ1) is 18.4. The van der Waals surface area contributed by atoms with Crippen LogP contribution in [0.5, 0.6) is 5.75 Å². The van der Waals surface area contributed by atoms with Crippen molar-refractivity contribution >= 4 is 11.6 Å². The fourth-order valence-corrected chi connectivity index (χ4v) is 3.04. The Labute approximate surface area is 158 Å². The molecule has 0 radical (unpaired) electrons. The topological polar surface area (TPSA) is 51.4 Å². The summed E-state index contributed by atoms with van der Waals surface area (Å²) >= 11 is 6.20. The fraction of sp³-hybridized carbons (Fsp3) is 0.300. The summed E-state index contributed by atoms with van der Waals surface area (Å²) in [4.78, 5) is 6.64. The summed E-state index contributed by atoms with van der Waals surface area (Å²) in [6.45, 7) is 2.67. The van der Waals surface area contributed by atoms with Gasteiger partial charge in [-0.15, -0.1) is 0 Å². The lowest BCUT2D eigenvalue weighted by Gasteiger charge is -2.24. The van der Waals surface area contributed by atoms with Crippen LogP contribution in [0.15, 0.2) is 53.1 Å². The fourth-order valence-electron chi connectivity index (χ4n) is 2.84. The molecular formula is C20H22ClN3O2. The number of hydrogen-bond acceptors (Lipinski definition) is 5. The second-order valence-corrected chi connectivity index (χ2v) is 6.61. The van der Waals surface area contributed by atoms with Crippen molar-refractivity contribution in [2.24, 2.45) is 0 Å². The molecule has 3 aromatic rings. The Balaban J connectivity index is 1.67. The summed E-state index contributed by atoms with van der Waals surface area (Å²) in [5.74, 6) is 2.08. The Kier molecular flexibility index (Phi) is 5.91. The normalized spacial score (nSPS) is 12.3. The number of rotatable bonds is 7. The van der Waals surface area contributed by atoms with E-state index in [4.69, 9.17) is 20.9 Å². The van der Waals surface area contributed by atoms with Crippen LogP contribution in [0.2, 0.25) is 5.02 Å². The molecule has 0 spiro atoms. The third-order valence-electron chi connectivity index (χ3n) is 4.45. The number of benzene rings is 2. The molecule has 1 unspecified atom stereocenters. The molecule has 0 saturated heterocycles. The van der Waals surface area contributed by atoms with Crippen molar-refractivity contribution in [1.82, 2.24) is 15.0 Å². The number of nitrogens with zero attached hydrogens (tertiary/aromatic N) is 3. The van der Waals surface area contributed by atoms with Gasteiger partial charge in [-0.3, -0.25) is 4.90 Å². The summed E-state index contributed by atoms with van der Waals surface area (Å²) in [6.07, 6.45) is 0.551. The van der Waals surface area contributed by atoms with Gasteiger partial charge in [0.25, 0.3) is 0 Å². The van der Waals surface area contributed by atoms with Gasteiger partial charge >= 0.3 is 0 Å². The van der Waals surface area contributed by atoms with E-state index in [0.29, 0.717) is 29.7 Å². The van der Waals surface area contributed by atoms with Crippen LogP contribution in [0.1, 0.15) is 35.8 Å². The van der Waals surface area contributed by atoms with E-state index in [0.717, 1.165) is 16.9 Å². The smallest absolute Gasteiger partial charge is 0.240 e. The average molecular weight is 372 g/mol. The van der Waals surface area contributed by atoms with Crippen molar-refractivity contribution in [1.29, 1.82) is 0 Å². The van der Waals surface area contributed by atoms with Gasteiger partial charge in [-0.2, -0.15) is 4.98 Å². The molecule has 1 atom stereocenters. The number of hydrogen-bond donors (Lipinski definition) is 0. The minimum Gasteiger partial charge on any atom is -0.496 e. The van der Waals surface area contributed by atoms with Gasteiger partial charge < -0.3 is 9.26 Å². The van der Waals surface area contributed by atoms with Gasteiger partial charge in [-0.05, 0) is 31.7 Å². The largest absolute Gasteiger partial charge is 0.496 e. The minimum atomic E-state index is 0.144. The number of aromatic nitrogens is 2. The van der Waals surface area contributed by atoms with E-state index in [9.17, 15) is 0 Å². The lowest BCUT2D eigenvalue weighted by Crippen LogP contribution is -2.22. The van der Waals surface area contributed by atoms with Crippen LogP contribution in [-0.4, -0.2) is 29.2 Å². The van der Waals surface area contributed by atoms with Crippen LogP contribution in [-0.2, 0) is 13.0 Å². The zero-order chi connectivity index (χ0) is 18.5. The Hall–Kier alpha value is -2.37. The van der Waals surface area contributed by atoms with E-state index in [-0.39, 0.29) is 6.04 Å². The highest BCUT2D eigenvalue weighted by atomic mass is 35.5. The van der Waals surface area contributed by atoms with Gasteiger partial charge in [0, 0.05) is 23.0 Å². The van der Waals surface area contributed by atoms with E-state index in [2.05, 4.69) is 28.0 Å². The Morgan fingerprint density at radius 3 is 2.65 bits per heavy atom. The van der Waals surface area contributed by atoms with Crippen LogP contribution in [0, 0.1) is 0 Å². The zero-order valence-corrected chi connectivity index (χ0v) is 15.9. The summed E-state index contributed by atoms with van der Waals surface area (Å²) < 4.78 is 10.9. The third-order valence-corrected chi connectivity index (χ3v) is 4.82. The number of ether oxygens (including phenoxy) is 1. The molecule has 136 valence electrons. The van der Waals surface area contributed by atoms with Gasteiger partial charge in [-0.1, -0.05) is 53.2 Å². The molecular weight excluding hydrogens is 350 g/mol. The molecule has 2 aromatic carbocycles. The molecule has 0 amide bonds. The molecule has 0 fully saturated rings. The molecule has 5 nitrogen and oxygen atoms in total. The maximum absolute atomic E-state index is 6.20. The zero-order valence-electron chi connectivity index (χ0n) is 15.1. The van der Waals surface area contributed by atoms with Crippen molar-refractivity contribution in [2.45, 2.75) is 25.9 Å². The first-order valence-electron chi connectivity index (χ1n) is 8.46. The molecule has 0 saturated carbocycles. The van der Waals surface area contributed by atoms with Gasteiger partial charge in [-0.25, -0.2) is 0 Å². The predicted molar refractivity (Wildman–Crippen MR) is 101 cm³/mol. The van der Waals surface area contributed by atoms with E-state index >= 15 is 0 Å². The van der Waals surface area contributed by atoms with E-state index < -0.39 is 0 Å². The second kappa shape index (κ2) is 8.34. The number of methoxy groups -OCH3 is 1. The number of halogens is 1. The lowest BCUT2D eigenvalue weighted by atomic mass is 10.1. The van der Waals surface area contributed by atoms with Crippen LogP contribution in [0.3, 0.4) is 0 Å². The van der Waals surface area contributed by atoms with Crippen molar-refractivity contribution in [3.05, 3.63) is 76.4 Å². The summed E-state index contributed by atoms with van der Waals surface area (Å²) in [7, 11) is 3.71. The maximum atomic E-state index is 6.20. The third kappa shape index (κ3) is 4.23. The average Bonchev–Trinajstić information content (AvgIpc) is 3.09. The quantitative estimate of drug-likeness (QED) is 0.611. The van der Waals surface area contributed by atoms with Crippen LogP contribution in [0.4, 0.5) is 0 Å². The Morgan fingerprint density at radius 1 is 1.15 bits per heavy atom. The SMILES string of the molecule is COc1ccccc1C(C)N(C)Cc1nc(Cc2ccccc2Cl)no1. The molecule has 3 rings (SSSR count). The summed E-state index contributed by atoms with van der Waals surface area (Å²) in [6, 6.07) is 15.8. The van der Waals surface area contributed by atoms with Crippen molar-refractivity contribution in [2.75, 3.05) is 14.2 Å². The van der Waals surface area contributed by atoms with Crippen LogP contribution >= 0.6 is 11.6 Å². The van der Waals surface area contributed by atoms with Gasteiger partial charge in [0.2, 0.25) is 5.89 Å². The van der Waals surface area contributed by atoms with Gasteiger partial charge in [0.1, 0.15) is 5.75 Å². The van der Waals surface area contributed by atoms with Gasteiger partial charge in [0.15, 0.2) is 5.82 Å². The molecule has 1 aromatic heterocycles. The predicted octanol–water partition coefficient (Wildman–Crippen LogP) is 4.52. The Morgan fingerprint density at radius 2 is 1.88 bits per heavy atom. The monoisotopic (exact) mass is 371 g/mol. The minimum absolute atomic E-state index is 0.144. The molecule has 0 aliphatic heterocycles. The molecule has 0 aliphatic rings. The highest BCUT2D eigenvalue weighted by Crippen LogP contribution is 2.28. The van der Waals surface area contributed by atoms with Crippen molar-refractivity contribution in [3.8, 4) is 5.75 Å². The first-order valence-corrected chi connectivity index (χ1v) is 8.84. The van der Waals surface area contributed by atoms with Gasteiger partial charge in [0.05, 0.1) is 13.7 Å². The Bertz CT molecular complexity index is 866. The van der Waals surface area contributed by atoms with E-state index in [1.807, 2.05) is 49.5 Å². The van der Waals surface area contributed by atoms with Crippen molar-refractivity contribution < 1.29 is 9.26 Å². The van der Waals surface area contributed by atoms with Crippen LogP contribution in [0.25, 0.3) is 0 Å². The van der Waals surface area contributed by atoms with Crippen LogP contribution < -0.4 is 4.74 Å². The standard InChI is InChI=1S/C20H22ClN3O2/c1-14(16-9-5-7-11-18(16)25-3)24(2)13-20-22-19(23-26-20)12-15-8-4-6-10-17(15)21/h4-11,14H,12-13H2,1-3H3. The summed E-state index contributed by atoms with van der Waals surface area (Å²) in [5.41, 5.74) is 2.10. The van der Waals surface area contributed by atoms with Crippen molar-refractivity contribution in [3.63, 3.8) is 0 Å². The second-order valence-electron chi connectivity index (χ2n) is 6.21. The van der Waals surface area contributed by atoms with E-state index in [1.54, 1.807) is 7.11 Å². The summed E-state index contributed by atoms with van der Waals surface area (Å²) in [5, 5.41) is 4.78. The van der Waals surface area contributed by atoms with E-state index in [1.165, 1.54) is 0 Å².